The number of hydrogen-bond acceptors (Lipinski definition) is 0. The Hall–Kier alpha value is 0.700. The lowest BCUT2D eigenvalue weighted by Gasteiger charge is -1.96. The summed E-state index contributed by atoms with van der Waals surface area (Å²) in [7, 11) is 0. The van der Waals surface area contributed by atoms with Crippen LogP contribution in [0.3, 0.4) is 0 Å². The summed E-state index contributed by atoms with van der Waals surface area (Å²) in [6.45, 7) is 4.08. The van der Waals surface area contributed by atoms with E-state index < -0.39 is 0 Å². The molecule has 0 aromatic heterocycles. The first kappa shape index (κ1) is 7.70. The van der Waals surface area contributed by atoms with Crippen LogP contribution >= 0.6 is 31.9 Å². The first-order valence-electron chi connectivity index (χ1n) is 2.09. The number of hydrogen-bond donors (Lipinski definition) is 0. The van der Waals surface area contributed by atoms with Crippen molar-refractivity contribution in [2.24, 2.45) is 0 Å². The maximum Gasteiger partial charge on any atom is 0.0903 e. The van der Waals surface area contributed by atoms with Gasteiger partial charge in [-0.3, -0.25) is 0 Å². The van der Waals surface area contributed by atoms with Crippen LogP contribution < -0.4 is 0 Å². The number of alkyl halides is 2. The van der Waals surface area contributed by atoms with Gasteiger partial charge in [0.15, 0.2) is 0 Å². The number of allylic oxidation sites excluding steroid dienone is 2. The van der Waals surface area contributed by atoms with Gasteiger partial charge in [-0.05, 0) is 13.8 Å². The van der Waals surface area contributed by atoms with Crippen LogP contribution in [-0.2, 0) is 0 Å². The minimum Gasteiger partial charge on any atom is -0.0868 e. The molecule has 2 heteroatoms. The lowest BCUT2D eigenvalue weighted by molar-refractivity contribution is 1.36. The van der Waals surface area contributed by atoms with Gasteiger partial charge in [0.05, 0.1) is 3.74 Å². The lowest BCUT2D eigenvalue weighted by atomic mass is 10.3. The highest BCUT2D eigenvalue weighted by molar-refractivity contribution is 9.24. The fourth-order valence-corrected chi connectivity index (χ4v) is 0.655. The Morgan fingerprint density at radius 3 is 2.00 bits per heavy atom. The summed E-state index contributed by atoms with van der Waals surface area (Å²) < 4.78 is 0.352. The van der Waals surface area contributed by atoms with Crippen molar-refractivity contribution < 1.29 is 0 Å². The Bertz CT molecular complexity index is 74.1. The predicted molar refractivity (Wildman–Crippen MR) is 41.1 cm³/mol. The smallest absolute Gasteiger partial charge is 0.0868 e. The molecule has 0 aliphatic heterocycles. The highest BCUT2D eigenvalue weighted by Crippen LogP contribution is 2.16. The molecular weight excluding hydrogens is 220 g/mol. The van der Waals surface area contributed by atoms with Crippen molar-refractivity contribution in [1.82, 2.24) is 0 Å². The van der Waals surface area contributed by atoms with E-state index in [1.165, 1.54) is 5.57 Å². The Kier molecular flexibility index (Phi) is 4.04. The zero-order valence-electron chi connectivity index (χ0n) is 4.41. The fourth-order valence-electron chi connectivity index (χ4n) is 0.126. The van der Waals surface area contributed by atoms with E-state index in [0.717, 1.165) is 0 Å². The van der Waals surface area contributed by atoms with E-state index in [2.05, 4.69) is 44.9 Å². The minimum absolute atomic E-state index is 0.352. The molecule has 0 aromatic carbocycles. The van der Waals surface area contributed by atoms with Crippen molar-refractivity contribution >= 4 is 31.9 Å². The summed E-state index contributed by atoms with van der Waals surface area (Å²) in [6, 6.07) is 0. The van der Waals surface area contributed by atoms with Crippen LogP contribution in [0, 0.1) is 0 Å². The molecule has 0 radical (unpaired) electrons. The SMILES string of the molecule is CC=C(C)C(Br)Br. The van der Waals surface area contributed by atoms with Crippen LogP contribution in [0.1, 0.15) is 13.8 Å². The van der Waals surface area contributed by atoms with Crippen LogP contribution in [0.4, 0.5) is 0 Å². The quantitative estimate of drug-likeness (QED) is 0.477. The number of rotatable bonds is 1. The zero-order chi connectivity index (χ0) is 5.86. The van der Waals surface area contributed by atoms with Crippen LogP contribution in [-0.4, -0.2) is 3.74 Å². The second-order valence-corrected chi connectivity index (χ2v) is 4.39. The highest BCUT2D eigenvalue weighted by Gasteiger charge is 1.95. The van der Waals surface area contributed by atoms with Gasteiger partial charge in [0.25, 0.3) is 0 Å². The lowest BCUT2D eigenvalue weighted by Crippen LogP contribution is -1.83. The van der Waals surface area contributed by atoms with Crippen molar-refractivity contribution in [3.63, 3.8) is 0 Å². The van der Waals surface area contributed by atoms with Crippen LogP contribution in [0.2, 0.25) is 0 Å². The normalized spacial score (nSPS) is 13.0. The molecule has 42 valence electrons. The molecule has 0 bridgehead atoms. The van der Waals surface area contributed by atoms with E-state index in [-0.39, 0.29) is 0 Å². The van der Waals surface area contributed by atoms with Gasteiger partial charge in [0.1, 0.15) is 0 Å². The maximum absolute atomic E-state index is 3.35. The van der Waals surface area contributed by atoms with Crippen LogP contribution in [0.15, 0.2) is 11.6 Å². The zero-order valence-corrected chi connectivity index (χ0v) is 7.58. The Balaban J connectivity index is 3.56. The van der Waals surface area contributed by atoms with Gasteiger partial charge in [-0.25, -0.2) is 0 Å². The molecule has 0 aromatic rings. The van der Waals surface area contributed by atoms with Crippen molar-refractivity contribution in [3.05, 3.63) is 11.6 Å². The summed E-state index contributed by atoms with van der Waals surface area (Å²) in [4.78, 5) is 0. The van der Waals surface area contributed by atoms with E-state index in [0.29, 0.717) is 3.74 Å². The Morgan fingerprint density at radius 1 is 1.57 bits per heavy atom. The van der Waals surface area contributed by atoms with Crippen molar-refractivity contribution in [2.45, 2.75) is 17.6 Å². The Morgan fingerprint density at radius 2 is 2.00 bits per heavy atom. The summed E-state index contributed by atoms with van der Waals surface area (Å²) in [5, 5.41) is 0. The maximum atomic E-state index is 3.35. The average Bonchev–Trinajstić information content (AvgIpc) is 1.65. The number of halogens is 2. The van der Waals surface area contributed by atoms with E-state index in [1.54, 1.807) is 0 Å². The molecule has 0 fully saturated rings. The third kappa shape index (κ3) is 3.30. The molecular formula is C5H8Br2. The van der Waals surface area contributed by atoms with Crippen molar-refractivity contribution in [2.75, 3.05) is 0 Å². The molecule has 0 spiro atoms. The molecule has 0 rings (SSSR count). The molecule has 0 unspecified atom stereocenters. The molecule has 7 heavy (non-hydrogen) atoms. The second-order valence-electron chi connectivity index (χ2n) is 1.33. The third-order valence-corrected chi connectivity index (χ3v) is 2.24. The molecule has 0 N–H and O–H groups in total. The topological polar surface area (TPSA) is 0 Å². The van der Waals surface area contributed by atoms with Gasteiger partial charge in [0.2, 0.25) is 0 Å². The second kappa shape index (κ2) is 3.67. The molecule has 0 saturated carbocycles. The molecule has 0 aliphatic carbocycles. The largest absolute Gasteiger partial charge is 0.0903 e. The van der Waals surface area contributed by atoms with E-state index in [1.807, 2.05) is 6.92 Å². The van der Waals surface area contributed by atoms with E-state index in [9.17, 15) is 0 Å². The van der Waals surface area contributed by atoms with Crippen molar-refractivity contribution in [1.29, 1.82) is 0 Å². The van der Waals surface area contributed by atoms with Gasteiger partial charge in [-0.1, -0.05) is 43.5 Å². The first-order chi connectivity index (χ1) is 3.18. The van der Waals surface area contributed by atoms with Gasteiger partial charge in [-0.15, -0.1) is 0 Å². The molecule has 0 saturated heterocycles. The van der Waals surface area contributed by atoms with Gasteiger partial charge in [-0.2, -0.15) is 0 Å². The summed E-state index contributed by atoms with van der Waals surface area (Å²) in [5.74, 6) is 0. The summed E-state index contributed by atoms with van der Waals surface area (Å²) in [6.07, 6.45) is 2.06. The Labute approximate surface area is 61.2 Å². The summed E-state index contributed by atoms with van der Waals surface area (Å²) >= 11 is 6.70. The molecule has 0 aliphatic rings. The highest BCUT2D eigenvalue weighted by atomic mass is 79.9. The first-order valence-corrected chi connectivity index (χ1v) is 3.92. The van der Waals surface area contributed by atoms with Gasteiger partial charge < -0.3 is 0 Å². The molecule has 0 atom stereocenters. The molecule has 0 nitrogen and oxygen atoms in total. The van der Waals surface area contributed by atoms with Crippen LogP contribution in [0.5, 0.6) is 0 Å². The molecule has 0 amide bonds. The van der Waals surface area contributed by atoms with E-state index in [4.69, 9.17) is 0 Å². The third-order valence-electron chi connectivity index (χ3n) is 0.800. The predicted octanol–water partition coefficient (Wildman–Crippen LogP) is 3.07. The van der Waals surface area contributed by atoms with E-state index >= 15 is 0 Å². The van der Waals surface area contributed by atoms with Crippen molar-refractivity contribution in [3.8, 4) is 0 Å². The van der Waals surface area contributed by atoms with Gasteiger partial charge >= 0.3 is 0 Å². The standard InChI is InChI=1S/C5H8Br2/c1-3-4(2)5(6)7/h3,5H,1-2H3. The van der Waals surface area contributed by atoms with Crippen LogP contribution in [0.25, 0.3) is 0 Å². The fraction of sp³-hybridized carbons (Fsp3) is 0.600. The monoisotopic (exact) mass is 226 g/mol. The molecule has 0 heterocycles. The average molecular weight is 228 g/mol. The van der Waals surface area contributed by atoms with Gasteiger partial charge in [0, 0.05) is 0 Å². The minimum atomic E-state index is 0.352. The summed E-state index contributed by atoms with van der Waals surface area (Å²) in [5.41, 5.74) is 1.31.